The smallest absolute Gasteiger partial charge is 0.0726 e. The van der Waals surface area contributed by atoms with Crippen molar-refractivity contribution >= 4 is 48.6 Å². The van der Waals surface area contributed by atoms with Gasteiger partial charge in [0, 0.05) is 37.2 Å². The number of hydrogen-bond donors (Lipinski definition) is 0. The Morgan fingerprint density at radius 2 is 0.688 bits per heavy atom. The summed E-state index contributed by atoms with van der Waals surface area (Å²) in [4.78, 5) is 2.52. The van der Waals surface area contributed by atoms with Crippen molar-refractivity contribution in [3.63, 3.8) is 0 Å². The Labute approximate surface area is 376 Å². The predicted molar refractivity (Wildman–Crippen MR) is 268 cm³/mol. The highest BCUT2D eigenvalue weighted by atomic mass is 32.1. The lowest BCUT2D eigenvalue weighted by atomic mass is 9.68. The van der Waals surface area contributed by atoms with E-state index < -0.39 is 10.8 Å². The van der Waals surface area contributed by atoms with Crippen molar-refractivity contribution in [3.05, 3.63) is 281 Å². The number of anilines is 3. The quantitative estimate of drug-likeness (QED) is 0.167. The first kappa shape index (κ1) is 35.8. The number of thiophene rings is 1. The highest BCUT2D eigenvalue weighted by Crippen LogP contribution is 2.64. The van der Waals surface area contributed by atoms with Crippen molar-refractivity contribution in [3.8, 4) is 33.4 Å². The molecule has 1 aromatic heterocycles. The van der Waals surface area contributed by atoms with Crippen LogP contribution in [-0.4, -0.2) is 0 Å². The van der Waals surface area contributed by atoms with Crippen molar-refractivity contribution in [1.29, 1.82) is 0 Å². The van der Waals surface area contributed by atoms with Crippen molar-refractivity contribution in [2.75, 3.05) is 4.90 Å². The molecular formula is C62H39NS. The van der Waals surface area contributed by atoms with Crippen molar-refractivity contribution in [2.24, 2.45) is 0 Å². The zero-order valence-corrected chi connectivity index (χ0v) is 35.7. The SMILES string of the molecule is c1ccc(C2(c3ccccc3)c3ccccc3-c3cc(N(c4ccc5c(c4)C4(c6ccccc6-c6ccccc64)c4ccccc4-5)c4ccc5c(c4)sc4ccccc45)ccc32)cc1. The molecule has 1 nitrogen and oxygen atoms in total. The monoisotopic (exact) mass is 829 g/mol. The molecule has 0 saturated heterocycles. The molecule has 0 saturated carbocycles. The van der Waals surface area contributed by atoms with Crippen LogP contribution in [0.2, 0.25) is 0 Å². The van der Waals surface area contributed by atoms with Gasteiger partial charge in [-0.2, -0.15) is 0 Å². The number of nitrogens with zero attached hydrogens (tertiary/aromatic N) is 1. The van der Waals surface area contributed by atoms with Crippen LogP contribution in [-0.2, 0) is 10.8 Å². The Balaban J connectivity index is 1.04. The summed E-state index contributed by atoms with van der Waals surface area (Å²) in [6, 6.07) is 88.9. The summed E-state index contributed by atoms with van der Waals surface area (Å²) in [5.74, 6) is 0. The maximum Gasteiger partial charge on any atom is 0.0726 e. The van der Waals surface area contributed by atoms with Gasteiger partial charge in [-0.25, -0.2) is 0 Å². The molecule has 0 radical (unpaired) electrons. The van der Waals surface area contributed by atoms with E-state index in [2.05, 4.69) is 241 Å². The summed E-state index contributed by atoms with van der Waals surface area (Å²) in [6.07, 6.45) is 0. The predicted octanol–water partition coefficient (Wildman–Crippen LogP) is 16.2. The molecule has 0 bridgehead atoms. The van der Waals surface area contributed by atoms with Crippen LogP contribution in [0.5, 0.6) is 0 Å². The van der Waals surface area contributed by atoms with E-state index in [0.717, 1.165) is 17.1 Å². The van der Waals surface area contributed by atoms with E-state index in [1.54, 1.807) is 0 Å². The molecule has 0 N–H and O–H groups in total. The first-order valence-corrected chi connectivity index (χ1v) is 23.1. The van der Waals surface area contributed by atoms with E-state index in [4.69, 9.17) is 0 Å². The summed E-state index contributed by atoms with van der Waals surface area (Å²) in [5.41, 5.74) is 20.8. The molecule has 3 aliphatic rings. The van der Waals surface area contributed by atoms with E-state index in [0.29, 0.717) is 0 Å². The molecule has 298 valence electrons. The number of benzene rings is 10. The molecule has 0 unspecified atom stereocenters. The van der Waals surface area contributed by atoms with Crippen molar-refractivity contribution in [1.82, 2.24) is 0 Å². The minimum Gasteiger partial charge on any atom is -0.310 e. The van der Waals surface area contributed by atoms with E-state index in [-0.39, 0.29) is 0 Å². The second kappa shape index (κ2) is 13.4. The molecule has 0 fully saturated rings. The molecule has 14 rings (SSSR count). The molecular weight excluding hydrogens is 791 g/mol. The van der Waals surface area contributed by atoms with Gasteiger partial charge in [0.05, 0.1) is 10.8 Å². The Hall–Kier alpha value is -7.78. The van der Waals surface area contributed by atoms with Crippen LogP contribution < -0.4 is 4.90 Å². The fraction of sp³-hybridized carbons (Fsp3) is 0.0323. The van der Waals surface area contributed by atoms with Gasteiger partial charge < -0.3 is 4.90 Å². The Bertz CT molecular complexity index is 3590. The lowest BCUT2D eigenvalue weighted by molar-refractivity contribution is 0.768. The third-order valence-electron chi connectivity index (χ3n) is 14.6. The third kappa shape index (κ3) is 4.63. The summed E-state index contributed by atoms with van der Waals surface area (Å²) >= 11 is 1.87. The van der Waals surface area contributed by atoms with Gasteiger partial charge in [-0.1, -0.05) is 194 Å². The topological polar surface area (TPSA) is 3.24 Å². The molecule has 1 heterocycles. The summed E-state index contributed by atoms with van der Waals surface area (Å²) in [6.45, 7) is 0. The van der Waals surface area contributed by atoms with Crippen molar-refractivity contribution < 1.29 is 0 Å². The largest absolute Gasteiger partial charge is 0.310 e. The molecule has 1 spiro atoms. The van der Waals surface area contributed by atoms with E-state index in [9.17, 15) is 0 Å². The van der Waals surface area contributed by atoms with Crippen LogP contribution in [0.4, 0.5) is 17.1 Å². The second-order valence-electron chi connectivity index (χ2n) is 17.5. The van der Waals surface area contributed by atoms with Crippen LogP contribution in [0.25, 0.3) is 53.6 Å². The van der Waals surface area contributed by atoms with Gasteiger partial charge in [-0.3, -0.25) is 0 Å². The summed E-state index contributed by atoms with van der Waals surface area (Å²) in [7, 11) is 0. The minimum atomic E-state index is -0.469. The maximum absolute atomic E-state index is 2.52. The van der Waals surface area contributed by atoms with Gasteiger partial charge in [0.15, 0.2) is 0 Å². The average molecular weight is 830 g/mol. The van der Waals surface area contributed by atoms with Crippen LogP contribution in [0.1, 0.15) is 44.5 Å². The molecule has 0 aliphatic heterocycles. The number of rotatable bonds is 5. The standard InChI is InChI=1S/C62H39NS/c1-3-17-40(18-4-1)61(41-19-5-2-6-20-41)53-26-12-10-24-48(53)52-37-42(33-36-57(52)61)63(44-32-35-51-50-25-11-16-30-59(50)64-60(51)39-44)43-31-34-49-47-23-9-15-29-56(47)62(58(49)38-43)54-27-13-7-21-45(54)46-22-8-14-28-55(46)62/h1-39H. The summed E-state index contributed by atoms with van der Waals surface area (Å²) in [5, 5.41) is 2.61. The number of fused-ring (bicyclic) bond motifs is 16. The lowest BCUT2D eigenvalue weighted by Gasteiger charge is -2.34. The van der Waals surface area contributed by atoms with E-state index >= 15 is 0 Å². The Morgan fingerprint density at radius 1 is 0.266 bits per heavy atom. The first-order chi connectivity index (χ1) is 31.7. The van der Waals surface area contributed by atoms with Gasteiger partial charge in [0.2, 0.25) is 0 Å². The van der Waals surface area contributed by atoms with Gasteiger partial charge in [0.25, 0.3) is 0 Å². The molecule has 2 heteroatoms. The van der Waals surface area contributed by atoms with Crippen molar-refractivity contribution in [2.45, 2.75) is 10.8 Å². The Kier molecular flexibility index (Phi) is 7.47. The number of hydrogen-bond acceptors (Lipinski definition) is 2. The molecule has 3 aliphatic carbocycles. The van der Waals surface area contributed by atoms with Gasteiger partial charge in [-0.05, 0) is 120 Å². The van der Waals surface area contributed by atoms with Gasteiger partial charge in [-0.15, -0.1) is 11.3 Å². The Morgan fingerprint density at radius 3 is 1.31 bits per heavy atom. The molecule has 0 atom stereocenters. The van der Waals surface area contributed by atoms with Crippen LogP contribution >= 0.6 is 11.3 Å². The minimum absolute atomic E-state index is 0.446. The van der Waals surface area contributed by atoms with Gasteiger partial charge >= 0.3 is 0 Å². The molecule has 0 amide bonds. The highest BCUT2D eigenvalue weighted by Gasteiger charge is 2.52. The second-order valence-corrected chi connectivity index (χ2v) is 18.6. The normalized spacial score (nSPS) is 14.2. The zero-order valence-electron chi connectivity index (χ0n) is 34.9. The fourth-order valence-corrected chi connectivity index (χ4v) is 13.2. The fourth-order valence-electron chi connectivity index (χ4n) is 12.1. The maximum atomic E-state index is 2.52. The summed E-state index contributed by atoms with van der Waals surface area (Å²) < 4.78 is 2.59. The van der Waals surface area contributed by atoms with Crippen LogP contribution in [0, 0.1) is 0 Å². The zero-order chi connectivity index (χ0) is 42.0. The first-order valence-electron chi connectivity index (χ1n) is 22.3. The molecule has 11 aromatic rings. The van der Waals surface area contributed by atoms with Crippen LogP contribution in [0.15, 0.2) is 237 Å². The molecule has 10 aromatic carbocycles. The molecule has 64 heavy (non-hydrogen) atoms. The average Bonchev–Trinajstić information content (AvgIpc) is 4.07. The van der Waals surface area contributed by atoms with Crippen LogP contribution in [0.3, 0.4) is 0 Å². The van der Waals surface area contributed by atoms with Gasteiger partial charge in [0.1, 0.15) is 0 Å². The third-order valence-corrected chi connectivity index (χ3v) is 15.7. The lowest BCUT2D eigenvalue weighted by Crippen LogP contribution is -2.28. The highest BCUT2D eigenvalue weighted by molar-refractivity contribution is 7.25. The van der Waals surface area contributed by atoms with E-state index in [1.165, 1.54) is 98.1 Å². The van der Waals surface area contributed by atoms with E-state index in [1.807, 2.05) is 11.3 Å².